The van der Waals surface area contributed by atoms with E-state index in [0.29, 0.717) is 19.1 Å². The van der Waals surface area contributed by atoms with E-state index in [9.17, 15) is 13.2 Å². The largest absolute Gasteiger partial charge is 0.411 e. The number of nitrogens with one attached hydrogen (secondary N) is 1. The summed E-state index contributed by atoms with van der Waals surface area (Å²) >= 11 is 0. The van der Waals surface area contributed by atoms with Gasteiger partial charge in [-0.1, -0.05) is 13.8 Å². The standard InChI is InChI=1S/C11H18F3N3O/c1-9(2)15-7-10-3-4-16-17(10)5-6-18-8-11(12,13)14/h3-4,9,15H,5-8H2,1-2H3. The van der Waals surface area contributed by atoms with E-state index in [4.69, 9.17) is 0 Å². The molecule has 0 bridgehead atoms. The van der Waals surface area contributed by atoms with Gasteiger partial charge < -0.3 is 10.1 Å². The minimum absolute atomic E-state index is 0.00410. The Morgan fingerprint density at radius 3 is 2.78 bits per heavy atom. The maximum absolute atomic E-state index is 11.9. The monoisotopic (exact) mass is 265 g/mol. The van der Waals surface area contributed by atoms with Crippen molar-refractivity contribution in [1.82, 2.24) is 15.1 Å². The molecule has 0 aliphatic carbocycles. The Morgan fingerprint density at radius 2 is 2.17 bits per heavy atom. The van der Waals surface area contributed by atoms with Crippen LogP contribution in [0.3, 0.4) is 0 Å². The van der Waals surface area contributed by atoms with Crippen molar-refractivity contribution in [2.24, 2.45) is 0 Å². The van der Waals surface area contributed by atoms with Crippen LogP contribution >= 0.6 is 0 Å². The lowest BCUT2D eigenvalue weighted by Crippen LogP contribution is -2.24. The van der Waals surface area contributed by atoms with Crippen molar-refractivity contribution < 1.29 is 17.9 Å². The molecule has 4 nitrogen and oxygen atoms in total. The molecule has 0 amide bonds. The summed E-state index contributed by atoms with van der Waals surface area (Å²) < 4.78 is 41.7. The van der Waals surface area contributed by atoms with Gasteiger partial charge in [0, 0.05) is 18.8 Å². The van der Waals surface area contributed by atoms with Crippen LogP contribution in [0.4, 0.5) is 13.2 Å². The third kappa shape index (κ3) is 6.02. The summed E-state index contributed by atoms with van der Waals surface area (Å²) in [7, 11) is 0. The number of halogens is 3. The molecule has 1 N–H and O–H groups in total. The van der Waals surface area contributed by atoms with Gasteiger partial charge in [-0.05, 0) is 6.07 Å². The summed E-state index contributed by atoms with van der Waals surface area (Å²) in [6, 6.07) is 2.17. The molecule has 7 heteroatoms. The molecule has 1 aromatic heterocycles. The first kappa shape index (κ1) is 15.0. The first-order valence-electron chi connectivity index (χ1n) is 5.77. The zero-order chi connectivity index (χ0) is 13.6. The average molecular weight is 265 g/mol. The summed E-state index contributed by atoms with van der Waals surface area (Å²) in [4.78, 5) is 0. The zero-order valence-electron chi connectivity index (χ0n) is 10.5. The number of aromatic nitrogens is 2. The highest BCUT2D eigenvalue weighted by Gasteiger charge is 2.27. The summed E-state index contributed by atoms with van der Waals surface area (Å²) in [6.07, 6.45) is -2.65. The summed E-state index contributed by atoms with van der Waals surface area (Å²) in [5.74, 6) is 0. The van der Waals surface area contributed by atoms with Crippen molar-refractivity contribution in [1.29, 1.82) is 0 Å². The highest BCUT2D eigenvalue weighted by molar-refractivity contribution is 5.00. The van der Waals surface area contributed by atoms with E-state index in [-0.39, 0.29) is 6.61 Å². The molecular weight excluding hydrogens is 247 g/mol. The molecule has 0 aliphatic rings. The van der Waals surface area contributed by atoms with Gasteiger partial charge in [0.1, 0.15) is 6.61 Å². The first-order valence-corrected chi connectivity index (χ1v) is 5.77. The maximum Gasteiger partial charge on any atom is 0.411 e. The number of alkyl halides is 3. The minimum atomic E-state index is -4.27. The van der Waals surface area contributed by atoms with Crippen LogP contribution in [0.15, 0.2) is 12.3 Å². The van der Waals surface area contributed by atoms with Crippen molar-refractivity contribution in [3.63, 3.8) is 0 Å². The van der Waals surface area contributed by atoms with Crippen LogP contribution in [0.2, 0.25) is 0 Å². The number of hydrogen-bond donors (Lipinski definition) is 1. The molecule has 18 heavy (non-hydrogen) atoms. The highest BCUT2D eigenvalue weighted by atomic mass is 19.4. The van der Waals surface area contributed by atoms with Crippen LogP contribution in [-0.4, -0.2) is 35.2 Å². The van der Waals surface area contributed by atoms with Crippen molar-refractivity contribution in [3.8, 4) is 0 Å². The van der Waals surface area contributed by atoms with Crippen molar-refractivity contribution >= 4 is 0 Å². The predicted molar refractivity (Wildman–Crippen MR) is 61.1 cm³/mol. The molecule has 1 aromatic rings. The second kappa shape index (κ2) is 6.75. The normalized spacial score (nSPS) is 12.3. The van der Waals surface area contributed by atoms with Gasteiger partial charge in [-0.2, -0.15) is 18.3 Å². The van der Waals surface area contributed by atoms with Gasteiger partial charge in [0.2, 0.25) is 0 Å². The topological polar surface area (TPSA) is 39.1 Å². The molecular formula is C11H18F3N3O. The van der Waals surface area contributed by atoms with Crippen LogP contribution in [0.1, 0.15) is 19.5 Å². The quantitative estimate of drug-likeness (QED) is 0.766. The third-order valence-electron chi connectivity index (χ3n) is 2.21. The lowest BCUT2D eigenvalue weighted by molar-refractivity contribution is -0.174. The third-order valence-corrected chi connectivity index (χ3v) is 2.21. The van der Waals surface area contributed by atoms with Crippen LogP contribution in [0.5, 0.6) is 0 Å². The fourth-order valence-electron chi connectivity index (χ4n) is 1.36. The molecule has 0 saturated carbocycles. The van der Waals surface area contributed by atoms with Gasteiger partial charge in [0.05, 0.1) is 18.8 Å². The van der Waals surface area contributed by atoms with Gasteiger partial charge in [-0.25, -0.2) is 0 Å². The van der Waals surface area contributed by atoms with Gasteiger partial charge in [0.15, 0.2) is 0 Å². The molecule has 0 aliphatic heterocycles. The summed E-state index contributed by atoms with van der Waals surface area (Å²) in [5, 5.41) is 7.26. The first-order chi connectivity index (χ1) is 8.38. The summed E-state index contributed by atoms with van der Waals surface area (Å²) in [6.45, 7) is 3.78. The second-order valence-electron chi connectivity index (χ2n) is 4.25. The van der Waals surface area contributed by atoms with Gasteiger partial charge in [0.25, 0.3) is 0 Å². The fraction of sp³-hybridized carbons (Fsp3) is 0.727. The smallest absolute Gasteiger partial charge is 0.370 e. The Labute approximate surface area is 104 Å². The zero-order valence-corrected chi connectivity index (χ0v) is 10.5. The Morgan fingerprint density at radius 1 is 1.44 bits per heavy atom. The second-order valence-corrected chi connectivity index (χ2v) is 4.25. The van der Waals surface area contributed by atoms with Crippen LogP contribution in [-0.2, 0) is 17.8 Å². The summed E-state index contributed by atoms with van der Waals surface area (Å²) in [5.41, 5.74) is 0.930. The molecule has 0 unspecified atom stereocenters. The van der Waals surface area contributed by atoms with Crippen LogP contribution in [0.25, 0.3) is 0 Å². The Bertz CT molecular complexity index is 350. The van der Waals surface area contributed by atoms with Crippen molar-refractivity contribution in [2.75, 3.05) is 13.2 Å². The minimum Gasteiger partial charge on any atom is -0.370 e. The SMILES string of the molecule is CC(C)NCc1ccnn1CCOCC(F)(F)F. The molecule has 0 radical (unpaired) electrons. The molecule has 1 heterocycles. The highest BCUT2D eigenvalue weighted by Crippen LogP contribution is 2.14. The van der Waals surface area contributed by atoms with Gasteiger partial charge in [-0.15, -0.1) is 0 Å². The van der Waals surface area contributed by atoms with E-state index in [1.165, 1.54) is 0 Å². The predicted octanol–water partition coefficient (Wildman–Crippen LogP) is 1.96. The van der Waals surface area contributed by atoms with E-state index in [1.807, 2.05) is 19.9 Å². The molecule has 0 aromatic carbocycles. The Hall–Kier alpha value is -1.08. The molecule has 104 valence electrons. The van der Waals surface area contributed by atoms with E-state index in [0.717, 1.165) is 5.69 Å². The number of nitrogens with zero attached hydrogens (tertiary/aromatic N) is 2. The fourth-order valence-corrected chi connectivity index (χ4v) is 1.36. The lowest BCUT2D eigenvalue weighted by atomic mass is 10.3. The number of hydrogen-bond acceptors (Lipinski definition) is 3. The van der Waals surface area contributed by atoms with Gasteiger partial charge in [-0.3, -0.25) is 4.68 Å². The van der Waals surface area contributed by atoms with Crippen LogP contribution in [0, 0.1) is 0 Å². The molecule has 0 spiro atoms. The van der Waals surface area contributed by atoms with E-state index in [1.54, 1.807) is 10.9 Å². The Balaban J connectivity index is 2.32. The van der Waals surface area contributed by atoms with Crippen molar-refractivity contribution in [3.05, 3.63) is 18.0 Å². The van der Waals surface area contributed by atoms with E-state index in [2.05, 4.69) is 15.2 Å². The molecule has 0 fully saturated rings. The molecule has 0 atom stereocenters. The number of ether oxygens (including phenoxy) is 1. The number of rotatable bonds is 7. The van der Waals surface area contributed by atoms with E-state index < -0.39 is 12.8 Å². The van der Waals surface area contributed by atoms with Crippen molar-refractivity contribution in [2.45, 2.75) is 39.2 Å². The maximum atomic E-state index is 11.9. The lowest BCUT2D eigenvalue weighted by Gasteiger charge is -2.11. The van der Waals surface area contributed by atoms with E-state index >= 15 is 0 Å². The van der Waals surface area contributed by atoms with Gasteiger partial charge >= 0.3 is 6.18 Å². The molecule has 0 saturated heterocycles. The average Bonchev–Trinajstić information content (AvgIpc) is 2.67. The molecule has 1 rings (SSSR count). The Kier molecular flexibility index (Phi) is 5.61. The van der Waals surface area contributed by atoms with Crippen LogP contribution < -0.4 is 5.32 Å².